The molecule has 0 N–H and O–H groups in total. The van der Waals surface area contributed by atoms with E-state index >= 15 is 0 Å². The predicted molar refractivity (Wildman–Crippen MR) is 152 cm³/mol. The van der Waals surface area contributed by atoms with Crippen molar-refractivity contribution in [1.29, 1.82) is 0 Å². The van der Waals surface area contributed by atoms with Gasteiger partial charge in [-0.3, -0.25) is 0 Å². The van der Waals surface area contributed by atoms with Crippen LogP contribution in [0.5, 0.6) is 0 Å². The fourth-order valence-corrected chi connectivity index (χ4v) is 51.0. The molecule has 1 nitrogen and oxygen atoms in total. The molecule has 1 fully saturated rings. The highest BCUT2D eigenvalue weighted by molar-refractivity contribution is 7.76. The highest BCUT2D eigenvalue weighted by Gasteiger charge is 2.69. The SMILES string of the molecule is C[Si]1(C)CC(c2ccccc2)(c2ccccc2)O[Si](C)(C)[Si]1(c1ccccc1)c1ccccc1. The van der Waals surface area contributed by atoms with Gasteiger partial charge >= 0.3 is 0 Å². The van der Waals surface area contributed by atoms with Crippen molar-refractivity contribution in [3.63, 3.8) is 0 Å². The van der Waals surface area contributed by atoms with E-state index in [1.807, 2.05) is 0 Å². The lowest BCUT2D eigenvalue weighted by Crippen LogP contribution is -2.90. The second kappa shape index (κ2) is 8.61. The van der Waals surface area contributed by atoms with Gasteiger partial charge in [0.15, 0.2) is 7.83 Å². The van der Waals surface area contributed by atoms with Gasteiger partial charge in [0.1, 0.15) is 12.7 Å². The van der Waals surface area contributed by atoms with E-state index < -0.39 is 28.1 Å². The molecule has 0 bridgehead atoms. The number of benzene rings is 4. The Hall–Kier alpha value is -2.51. The van der Waals surface area contributed by atoms with Gasteiger partial charge in [-0.1, -0.05) is 145 Å². The van der Waals surface area contributed by atoms with Gasteiger partial charge in [-0.2, -0.15) is 0 Å². The van der Waals surface area contributed by atoms with Gasteiger partial charge in [0.25, 0.3) is 0 Å². The van der Waals surface area contributed by atoms with Crippen molar-refractivity contribution in [3.05, 3.63) is 132 Å². The van der Waals surface area contributed by atoms with Crippen molar-refractivity contribution in [1.82, 2.24) is 0 Å². The van der Waals surface area contributed by atoms with Crippen LogP contribution < -0.4 is 10.4 Å². The molecule has 0 atom stereocenters. The van der Waals surface area contributed by atoms with Crippen LogP contribution in [-0.4, -0.2) is 22.5 Å². The van der Waals surface area contributed by atoms with Gasteiger partial charge in [-0.25, -0.2) is 0 Å². The van der Waals surface area contributed by atoms with Gasteiger partial charge in [0.2, 0.25) is 0 Å². The second-order valence-electron chi connectivity index (χ2n) is 10.7. The number of hydrogen-bond acceptors (Lipinski definition) is 1. The summed E-state index contributed by atoms with van der Waals surface area (Å²) in [5.41, 5.74) is 2.20. The monoisotopic (exact) mass is 494 g/mol. The Morgan fingerprint density at radius 3 is 1.24 bits per heavy atom. The van der Waals surface area contributed by atoms with Crippen LogP contribution in [-0.2, 0) is 10.0 Å². The largest absolute Gasteiger partial charge is 0.406 e. The van der Waals surface area contributed by atoms with Crippen LogP contribution in [0.1, 0.15) is 11.1 Å². The minimum Gasteiger partial charge on any atom is -0.406 e. The topological polar surface area (TPSA) is 9.23 Å². The Bertz CT molecular complexity index is 1140. The van der Waals surface area contributed by atoms with E-state index in [1.54, 1.807) is 10.4 Å². The molecule has 0 spiro atoms. The summed E-state index contributed by atoms with van der Waals surface area (Å²) in [5, 5.41) is 3.12. The van der Waals surface area contributed by atoms with Crippen LogP contribution in [0.15, 0.2) is 121 Å². The summed E-state index contributed by atoms with van der Waals surface area (Å²) in [5.74, 6) is 0. The first-order valence-electron chi connectivity index (χ1n) is 12.3. The first kappa shape index (κ1) is 23.2. The molecule has 34 heavy (non-hydrogen) atoms. The molecule has 1 aliphatic rings. The van der Waals surface area contributed by atoms with Gasteiger partial charge in [-0.05, 0) is 30.3 Å². The van der Waals surface area contributed by atoms with E-state index in [4.69, 9.17) is 4.43 Å². The predicted octanol–water partition coefficient (Wildman–Crippen LogP) is 6.29. The summed E-state index contributed by atoms with van der Waals surface area (Å²) >= 11 is 0. The zero-order valence-electron chi connectivity index (χ0n) is 20.7. The maximum atomic E-state index is 7.73. The summed E-state index contributed by atoms with van der Waals surface area (Å²) in [6.45, 7) is 10.4. The van der Waals surface area contributed by atoms with Crippen molar-refractivity contribution < 1.29 is 4.43 Å². The van der Waals surface area contributed by atoms with Gasteiger partial charge in [0.05, 0.1) is 7.59 Å². The summed E-state index contributed by atoms with van der Waals surface area (Å²) < 4.78 is 7.73. The Morgan fingerprint density at radius 2 is 0.882 bits per heavy atom. The Balaban J connectivity index is 1.82. The van der Waals surface area contributed by atoms with E-state index in [0.29, 0.717) is 0 Å². The summed E-state index contributed by atoms with van der Waals surface area (Å²) in [4.78, 5) is 0. The third-order valence-electron chi connectivity index (χ3n) is 7.93. The first-order valence-corrected chi connectivity index (χ1v) is 22.4. The van der Waals surface area contributed by atoms with Crippen molar-refractivity contribution in [2.24, 2.45) is 0 Å². The van der Waals surface area contributed by atoms with E-state index in [-0.39, 0.29) is 0 Å². The molecule has 0 aromatic heterocycles. The molecule has 4 aromatic rings. The minimum atomic E-state index is -2.29. The fourth-order valence-electron chi connectivity index (χ4n) is 7.04. The molecule has 0 aliphatic carbocycles. The molecule has 0 amide bonds. The molecule has 1 heterocycles. The molecular formula is C30H34OSi3. The molecule has 172 valence electrons. The fraction of sp³-hybridized carbons (Fsp3) is 0.200. The normalized spacial score (nSPS) is 19.9. The molecule has 1 saturated heterocycles. The third-order valence-corrected chi connectivity index (χ3v) is 43.7. The molecule has 0 radical (unpaired) electrons. The van der Waals surface area contributed by atoms with Crippen LogP contribution in [0.4, 0.5) is 0 Å². The van der Waals surface area contributed by atoms with Crippen LogP contribution >= 0.6 is 0 Å². The molecule has 5 rings (SSSR count). The van der Waals surface area contributed by atoms with E-state index in [2.05, 4.69) is 148 Å². The van der Waals surface area contributed by atoms with Crippen LogP contribution in [0.25, 0.3) is 0 Å². The maximum absolute atomic E-state index is 7.73. The minimum absolute atomic E-state index is 0.395. The van der Waals surface area contributed by atoms with Crippen molar-refractivity contribution in [3.8, 4) is 0 Å². The van der Waals surface area contributed by atoms with Gasteiger partial charge in [-0.15, -0.1) is 0 Å². The summed E-state index contributed by atoms with van der Waals surface area (Å²) in [7, 11) is -6.39. The van der Waals surface area contributed by atoms with Gasteiger partial charge in [0, 0.05) is 0 Å². The van der Waals surface area contributed by atoms with Crippen LogP contribution in [0.3, 0.4) is 0 Å². The smallest absolute Gasteiger partial charge is 0.183 e. The highest BCUT2D eigenvalue weighted by Crippen LogP contribution is 2.51. The average Bonchev–Trinajstić information content (AvgIpc) is 2.85. The lowest BCUT2D eigenvalue weighted by Gasteiger charge is -2.62. The Morgan fingerprint density at radius 1 is 0.529 bits per heavy atom. The van der Waals surface area contributed by atoms with Crippen molar-refractivity contribution >= 4 is 32.9 Å². The quantitative estimate of drug-likeness (QED) is 0.303. The summed E-state index contributed by atoms with van der Waals surface area (Å²) in [6, 6.07) is 46.0. The molecular weight excluding hydrogens is 461 g/mol. The zero-order valence-corrected chi connectivity index (χ0v) is 23.7. The third kappa shape index (κ3) is 3.43. The second-order valence-corrected chi connectivity index (χ2v) is 34.4. The maximum Gasteiger partial charge on any atom is 0.183 e. The van der Waals surface area contributed by atoms with E-state index in [1.165, 1.54) is 11.1 Å². The van der Waals surface area contributed by atoms with Crippen LogP contribution in [0.2, 0.25) is 32.2 Å². The van der Waals surface area contributed by atoms with Gasteiger partial charge < -0.3 is 4.43 Å². The molecule has 4 heteroatoms. The zero-order chi connectivity index (χ0) is 23.9. The Labute approximate surface area is 207 Å². The first-order chi connectivity index (χ1) is 16.3. The standard InChI is InChI=1S/C30H34OSi3/c1-32(2)25-30(26-17-9-5-10-18-26,27-19-11-6-12-20-27)31-33(3,4)34(32,28-21-13-7-14-22-28)29-23-15-8-16-24-29/h5-24H,25H2,1-4H3. The average molecular weight is 495 g/mol. The van der Waals surface area contributed by atoms with Crippen molar-refractivity contribution in [2.45, 2.75) is 37.8 Å². The lowest BCUT2D eigenvalue weighted by atomic mass is 9.88. The van der Waals surface area contributed by atoms with Crippen LogP contribution in [0, 0.1) is 0 Å². The van der Waals surface area contributed by atoms with E-state index in [9.17, 15) is 0 Å². The Kier molecular flexibility index (Phi) is 5.89. The van der Waals surface area contributed by atoms with E-state index in [0.717, 1.165) is 6.04 Å². The summed E-state index contributed by atoms with van der Waals surface area (Å²) in [6.07, 6.45) is 0. The number of rotatable bonds is 4. The number of hydrogen-bond donors (Lipinski definition) is 0. The highest BCUT2D eigenvalue weighted by atomic mass is 29.6. The molecule has 4 aromatic carbocycles. The lowest BCUT2D eigenvalue weighted by molar-refractivity contribution is 0.124. The molecule has 0 saturated carbocycles. The molecule has 1 aliphatic heterocycles. The van der Waals surface area contributed by atoms with Crippen molar-refractivity contribution in [2.75, 3.05) is 0 Å². The molecule has 0 unspecified atom stereocenters.